The third kappa shape index (κ3) is 3.72. The Labute approximate surface area is 123 Å². The molecule has 0 radical (unpaired) electrons. The van der Waals surface area contributed by atoms with E-state index in [4.69, 9.17) is 4.74 Å². The summed E-state index contributed by atoms with van der Waals surface area (Å²) in [5.41, 5.74) is 1.36. The van der Waals surface area contributed by atoms with Gasteiger partial charge in [-0.2, -0.15) is 0 Å². The van der Waals surface area contributed by atoms with Crippen LogP contribution >= 0.6 is 0 Å². The minimum Gasteiger partial charge on any atom is -0.469 e. The van der Waals surface area contributed by atoms with Crippen LogP contribution in [0, 0.1) is 5.92 Å². The fourth-order valence-corrected chi connectivity index (χ4v) is 2.38. The number of hydrogen-bond acceptors (Lipinski definition) is 4. The maximum absolute atomic E-state index is 12.2. The fourth-order valence-electron chi connectivity index (χ4n) is 2.38. The van der Waals surface area contributed by atoms with E-state index in [1.165, 1.54) is 7.11 Å². The number of aliphatic hydroxyl groups is 1. The largest absolute Gasteiger partial charge is 0.469 e. The van der Waals surface area contributed by atoms with Crippen molar-refractivity contribution in [1.82, 2.24) is 4.90 Å². The molecule has 2 N–H and O–H groups in total. The van der Waals surface area contributed by atoms with Crippen molar-refractivity contribution < 1.29 is 19.4 Å². The van der Waals surface area contributed by atoms with E-state index in [0.717, 1.165) is 5.56 Å². The Balaban J connectivity index is 1.96. The molecule has 1 saturated heterocycles. The summed E-state index contributed by atoms with van der Waals surface area (Å²) in [6.45, 7) is 2.57. The lowest BCUT2D eigenvalue weighted by atomic mass is 10.1. The number of aliphatic hydroxyl groups excluding tert-OH is 1. The summed E-state index contributed by atoms with van der Waals surface area (Å²) in [7, 11) is 1.35. The van der Waals surface area contributed by atoms with E-state index >= 15 is 0 Å². The minimum absolute atomic E-state index is 0.246. The number of hydrogen-bond donors (Lipinski definition) is 2. The van der Waals surface area contributed by atoms with Gasteiger partial charge in [-0.25, -0.2) is 4.79 Å². The third-order valence-corrected chi connectivity index (χ3v) is 3.63. The maximum atomic E-state index is 12.2. The van der Waals surface area contributed by atoms with Gasteiger partial charge in [-0.05, 0) is 31.0 Å². The molecule has 2 atom stereocenters. The summed E-state index contributed by atoms with van der Waals surface area (Å²) < 4.78 is 4.70. The molecule has 1 aliphatic rings. The lowest BCUT2D eigenvalue weighted by Crippen LogP contribution is -2.34. The molecule has 2 amide bonds. The summed E-state index contributed by atoms with van der Waals surface area (Å²) in [6, 6.07) is 6.82. The Kier molecular flexibility index (Phi) is 4.80. The standard InChI is InChI=1S/C15H20N2O4/c1-10(18)11-4-3-5-13(8-11)16-15(20)17-7-6-12(9-17)14(19)21-2/h3-5,8,10,12,18H,6-7,9H2,1-2H3,(H,16,20). The molecule has 0 spiro atoms. The van der Waals surface area contributed by atoms with Gasteiger partial charge in [0.2, 0.25) is 0 Å². The van der Waals surface area contributed by atoms with Crippen molar-refractivity contribution in [3.05, 3.63) is 29.8 Å². The first-order chi connectivity index (χ1) is 10.0. The van der Waals surface area contributed by atoms with E-state index < -0.39 is 6.10 Å². The summed E-state index contributed by atoms with van der Waals surface area (Å²) in [5.74, 6) is -0.522. The van der Waals surface area contributed by atoms with Crippen LogP contribution in [0.15, 0.2) is 24.3 Å². The second-order valence-electron chi connectivity index (χ2n) is 5.19. The Morgan fingerprint density at radius 2 is 2.24 bits per heavy atom. The molecular weight excluding hydrogens is 272 g/mol. The highest BCUT2D eigenvalue weighted by Crippen LogP contribution is 2.20. The fraction of sp³-hybridized carbons (Fsp3) is 0.467. The number of nitrogens with one attached hydrogen (secondary N) is 1. The lowest BCUT2D eigenvalue weighted by molar-refractivity contribution is -0.144. The Bertz CT molecular complexity index is 530. The first kappa shape index (κ1) is 15.3. The van der Waals surface area contributed by atoms with Crippen LogP contribution in [-0.4, -0.2) is 42.2 Å². The van der Waals surface area contributed by atoms with Gasteiger partial charge in [0.1, 0.15) is 0 Å². The number of ether oxygens (including phenoxy) is 1. The number of benzene rings is 1. The van der Waals surface area contributed by atoms with E-state index in [1.807, 2.05) is 0 Å². The predicted molar refractivity (Wildman–Crippen MR) is 77.8 cm³/mol. The van der Waals surface area contributed by atoms with E-state index in [2.05, 4.69) is 5.32 Å². The van der Waals surface area contributed by atoms with Crippen molar-refractivity contribution in [3.63, 3.8) is 0 Å². The number of methoxy groups -OCH3 is 1. The highest BCUT2D eigenvalue weighted by molar-refractivity contribution is 5.90. The molecular formula is C15H20N2O4. The Morgan fingerprint density at radius 3 is 2.90 bits per heavy atom. The van der Waals surface area contributed by atoms with Crippen LogP contribution < -0.4 is 5.32 Å². The van der Waals surface area contributed by atoms with Crippen LogP contribution in [0.25, 0.3) is 0 Å². The number of carbonyl (C=O) groups is 2. The van der Waals surface area contributed by atoms with Gasteiger partial charge >= 0.3 is 12.0 Å². The molecule has 114 valence electrons. The van der Waals surface area contributed by atoms with Crippen molar-refractivity contribution in [1.29, 1.82) is 0 Å². The van der Waals surface area contributed by atoms with Gasteiger partial charge in [-0.3, -0.25) is 4.79 Å². The van der Waals surface area contributed by atoms with Crippen LogP contribution in [0.5, 0.6) is 0 Å². The molecule has 6 nitrogen and oxygen atoms in total. The molecule has 0 bridgehead atoms. The number of amides is 2. The number of nitrogens with zero attached hydrogens (tertiary/aromatic N) is 1. The number of carbonyl (C=O) groups excluding carboxylic acids is 2. The molecule has 0 aliphatic carbocycles. The number of likely N-dealkylation sites (tertiary alicyclic amines) is 1. The number of esters is 1. The zero-order chi connectivity index (χ0) is 15.4. The average molecular weight is 292 g/mol. The lowest BCUT2D eigenvalue weighted by Gasteiger charge is -2.17. The number of urea groups is 1. The molecule has 1 aliphatic heterocycles. The van der Waals surface area contributed by atoms with Gasteiger partial charge in [-0.15, -0.1) is 0 Å². The van der Waals surface area contributed by atoms with Gasteiger partial charge in [0.25, 0.3) is 0 Å². The van der Waals surface area contributed by atoms with Crippen molar-refractivity contribution in [2.45, 2.75) is 19.4 Å². The highest BCUT2D eigenvalue weighted by atomic mass is 16.5. The zero-order valence-corrected chi connectivity index (χ0v) is 12.2. The quantitative estimate of drug-likeness (QED) is 0.832. The van der Waals surface area contributed by atoms with Crippen LogP contribution in [-0.2, 0) is 9.53 Å². The second kappa shape index (κ2) is 6.58. The number of rotatable bonds is 3. The molecule has 1 heterocycles. The van der Waals surface area contributed by atoms with Crippen LogP contribution in [0.1, 0.15) is 25.0 Å². The van der Waals surface area contributed by atoms with Gasteiger partial charge in [-0.1, -0.05) is 12.1 Å². The van der Waals surface area contributed by atoms with Crippen molar-refractivity contribution >= 4 is 17.7 Å². The zero-order valence-electron chi connectivity index (χ0n) is 12.2. The molecule has 0 saturated carbocycles. The van der Waals surface area contributed by atoms with Crippen molar-refractivity contribution in [3.8, 4) is 0 Å². The first-order valence-electron chi connectivity index (χ1n) is 6.93. The van der Waals surface area contributed by atoms with Crippen LogP contribution in [0.2, 0.25) is 0 Å². The van der Waals surface area contributed by atoms with Gasteiger partial charge in [0.05, 0.1) is 19.1 Å². The molecule has 2 unspecified atom stereocenters. The summed E-state index contributed by atoms with van der Waals surface area (Å²) in [4.78, 5) is 25.2. The van der Waals surface area contributed by atoms with Gasteiger partial charge in [0, 0.05) is 18.8 Å². The van der Waals surface area contributed by atoms with E-state index in [0.29, 0.717) is 25.2 Å². The van der Waals surface area contributed by atoms with Crippen LogP contribution in [0.3, 0.4) is 0 Å². The van der Waals surface area contributed by atoms with Crippen molar-refractivity contribution in [2.24, 2.45) is 5.92 Å². The van der Waals surface area contributed by atoms with E-state index in [1.54, 1.807) is 36.1 Å². The van der Waals surface area contributed by atoms with E-state index in [-0.39, 0.29) is 17.9 Å². The molecule has 21 heavy (non-hydrogen) atoms. The molecule has 6 heteroatoms. The molecule has 2 rings (SSSR count). The van der Waals surface area contributed by atoms with E-state index in [9.17, 15) is 14.7 Å². The second-order valence-corrected chi connectivity index (χ2v) is 5.19. The summed E-state index contributed by atoms with van der Waals surface area (Å²) in [5, 5.41) is 12.3. The normalized spacial score (nSPS) is 19.2. The molecule has 1 aromatic carbocycles. The summed E-state index contributed by atoms with van der Waals surface area (Å²) >= 11 is 0. The highest BCUT2D eigenvalue weighted by Gasteiger charge is 2.31. The monoisotopic (exact) mass is 292 g/mol. The Morgan fingerprint density at radius 1 is 1.48 bits per heavy atom. The smallest absolute Gasteiger partial charge is 0.321 e. The summed E-state index contributed by atoms with van der Waals surface area (Å²) in [6.07, 6.45) is 0.0331. The maximum Gasteiger partial charge on any atom is 0.321 e. The Hall–Kier alpha value is -2.08. The predicted octanol–water partition coefficient (Wildman–Crippen LogP) is 1.77. The molecule has 1 fully saturated rings. The van der Waals surface area contributed by atoms with Crippen LogP contribution in [0.4, 0.5) is 10.5 Å². The average Bonchev–Trinajstić information content (AvgIpc) is 2.96. The van der Waals surface area contributed by atoms with Gasteiger partial charge < -0.3 is 20.1 Å². The molecule has 0 aromatic heterocycles. The first-order valence-corrected chi connectivity index (χ1v) is 6.93. The topological polar surface area (TPSA) is 78.9 Å². The molecule has 1 aromatic rings. The van der Waals surface area contributed by atoms with Gasteiger partial charge in [0.15, 0.2) is 0 Å². The number of anilines is 1. The minimum atomic E-state index is -0.586. The SMILES string of the molecule is COC(=O)C1CCN(C(=O)Nc2cccc(C(C)O)c2)C1. The third-order valence-electron chi connectivity index (χ3n) is 3.63. The van der Waals surface area contributed by atoms with Crippen molar-refractivity contribution in [2.75, 3.05) is 25.5 Å².